The number of nitrogens with zero attached hydrogens (tertiary/aromatic N) is 1. The monoisotopic (exact) mass is 430 g/mol. The van der Waals surface area contributed by atoms with Crippen LogP contribution in [0.2, 0.25) is 0 Å². The van der Waals surface area contributed by atoms with Gasteiger partial charge in [-0.1, -0.05) is 6.07 Å². The first-order valence-electron chi connectivity index (χ1n) is 6.04. The van der Waals surface area contributed by atoms with E-state index in [0.29, 0.717) is 11.3 Å². The van der Waals surface area contributed by atoms with Crippen LogP contribution in [0.3, 0.4) is 0 Å². The zero-order valence-electron chi connectivity index (χ0n) is 11.2. The molecule has 2 aromatic rings. The fourth-order valence-corrected chi connectivity index (χ4v) is 2.69. The lowest BCUT2D eigenvalue weighted by Gasteiger charge is -2.11. The van der Waals surface area contributed by atoms with Crippen LogP contribution in [-0.2, 0) is 10.1 Å². The van der Waals surface area contributed by atoms with E-state index in [4.69, 9.17) is 14.6 Å². The molecule has 114 valence electrons. The molecule has 8 heteroatoms. The molecule has 0 aliphatic heterocycles. The second-order valence-electron chi connectivity index (χ2n) is 4.22. The van der Waals surface area contributed by atoms with Gasteiger partial charge in [-0.15, -0.1) is 0 Å². The van der Waals surface area contributed by atoms with Gasteiger partial charge in [-0.05, 0) is 52.9 Å². The van der Waals surface area contributed by atoms with Gasteiger partial charge in [0, 0.05) is 9.64 Å². The Bertz CT molecular complexity index is 831. The minimum absolute atomic E-state index is 0.0831. The average Bonchev–Trinajstić information content (AvgIpc) is 2.48. The normalized spacial score (nSPS) is 10.8. The van der Waals surface area contributed by atoms with Crippen LogP contribution in [0.15, 0.2) is 47.4 Å². The Kier molecular flexibility index (Phi) is 5.23. The lowest BCUT2D eigenvalue weighted by Crippen LogP contribution is -2.10. The first-order chi connectivity index (χ1) is 10.4. The highest BCUT2D eigenvalue weighted by Gasteiger charge is 2.10. The smallest absolute Gasteiger partial charge is 0.294 e. The van der Waals surface area contributed by atoms with Crippen molar-refractivity contribution in [2.45, 2.75) is 4.90 Å². The summed E-state index contributed by atoms with van der Waals surface area (Å²) < 4.78 is 37.4. The summed E-state index contributed by atoms with van der Waals surface area (Å²) >= 11 is 2.12. The molecule has 0 atom stereocenters. The van der Waals surface area contributed by atoms with Gasteiger partial charge in [-0.25, -0.2) is 0 Å². The topological polar surface area (TPSA) is 99.4 Å². The van der Waals surface area contributed by atoms with Gasteiger partial charge in [0.25, 0.3) is 10.1 Å². The molecule has 0 saturated carbocycles. The van der Waals surface area contributed by atoms with Gasteiger partial charge < -0.3 is 10.1 Å². The van der Waals surface area contributed by atoms with Crippen molar-refractivity contribution in [3.63, 3.8) is 0 Å². The van der Waals surface area contributed by atoms with E-state index in [1.807, 2.05) is 6.07 Å². The molecule has 0 aliphatic rings. The predicted octanol–water partition coefficient (Wildman–Crippen LogP) is 2.86. The second-order valence-corrected chi connectivity index (χ2v) is 6.81. The van der Waals surface area contributed by atoms with E-state index in [2.05, 4.69) is 27.9 Å². The first-order valence-corrected chi connectivity index (χ1v) is 8.56. The molecule has 22 heavy (non-hydrogen) atoms. The number of hydrogen-bond acceptors (Lipinski definition) is 5. The molecule has 6 nitrogen and oxygen atoms in total. The Balaban J connectivity index is 2.05. The van der Waals surface area contributed by atoms with Gasteiger partial charge in [0.1, 0.15) is 5.75 Å². The number of ether oxygens (including phenoxy) is 1. The van der Waals surface area contributed by atoms with Crippen LogP contribution < -0.4 is 10.1 Å². The zero-order valence-corrected chi connectivity index (χ0v) is 14.1. The van der Waals surface area contributed by atoms with Crippen LogP contribution in [0.4, 0.5) is 5.69 Å². The second kappa shape index (κ2) is 6.95. The Morgan fingerprint density at radius 3 is 2.73 bits per heavy atom. The van der Waals surface area contributed by atoms with Gasteiger partial charge in [-0.2, -0.15) is 13.7 Å². The summed E-state index contributed by atoms with van der Waals surface area (Å²) in [6.07, 6.45) is 0. The van der Waals surface area contributed by atoms with Crippen LogP contribution in [0, 0.1) is 14.9 Å². The molecular formula is C14H11IN2O4S. The maximum absolute atomic E-state index is 11.0. The number of halogens is 1. The number of nitrogens with one attached hydrogen (secondary N) is 1. The zero-order chi connectivity index (χ0) is 16.2. The van der Waals surface area contributed by atoms with Crippen molar-refractivity contribution in [1.29, 1.82) is 5.26 Å². The number of rotatable bonds is 5. The van der Waals surface area contributed by atoms with Crippen LogP contribution in [0.5, 0.6) is 5.75 Å². The molecule has 0 aliphatic carbocycles. The van der Waals surface area contributed by atoms with Crippen molar-refractivity contribution in [1.82, 2.24) is 0 Å². The quantitative estimate of drug-likeness (QED) is 0.430. The van der Waals surface area contributed by atoms with Crippen molar-refractivity contribution in [3.8, 4) is 11.8 Å². The number of benzene rings is 2. The number of nitriles is 1. The van der Waals surface area contributed by atoms with E-state index in [0.717, 1.165) is 9.26 Å². The molecule has 2 aromatic carbocycles. The maximum atomic E-state index is 11.0. The van der Waals surface area contributed by atoms with Crippen LogP contribution in [-0.4, -0.2) is 19.7 Å². The summed E-state index contributed by atoms with van der Waals surface area (Å²) in [4.78, 5) is -0.231. The highest BCUT2D eigenvalue weighted by Crippen LogP contribution is 2.20. The Hall–Kier alpha value is -1.83. The van der Waals surface area contributed by atoms with E-state index in [-0.39, 0.29) is 11.6 Å². The van der Waals surface area contributed by atoms with Crippen molar-refractivity contribution in [2.75, 3.05) is 12.0 Å². The third-order valence-electron chi connectivity index (χ3n) is 2.70. The van der Waals surface area contributed by atoms with Crippen LogP contribution in [0.25, 0.3) is 0 Å². The van der Waals surface area contributed by atoms with E-state index in [1.54, 1.807) is 24.3 Å². The molecular weight excluding hydrogens is 419 g/mol. The summed E-state index contributed by atoms with van der Waals surface area (Å²) in [6, 6.07) is 12.8. The van der Waals surface area contributed by atoms with Gasteiger partial charge in [0.05, 0.1) is 22.2 Å². The molecule has 2 N–H and O–H groups in total. The third-order valence-corrected chi connectivity index (χ3v) is 4.49. The van der Waals surface area contributed by atoms with E-state index in [1.165, 1.54) is 18.2 Å². The Morgan fingerprint density at radius 2 is 2.05 bits per heavy atom. The molecule has 0 unspecified atom stereocenters. The van der Waals surface area contributed by atoms with Crippen LogP contribution in [0.1, 0.15) is 5.56 Å². The molecule has 0 bridgehead atoms. The first kappa shape index (κ1) is 16.5. The average molecular weight is 430 g/mol. The largest absolute Gasteiger partial charge is 0.473 e. The van der Waals surface area contributed by atoms with Crippen LogP contribution >= 0.6 is 22.6 Å². The van der Waals surface area contributed by atoms with Crippen molar-refractivity contribution in [2.24, 2.45) is 0 Å². The van der Waals surface area contributed by atoms with Crippen molar-refractivity contribution in [3.05, 3.63) is 51.6 Å². The van der Waals surface area contributed by atoms with E-state index in [9.17, 15) is 8.42 Å². The summed E-state index contributed by atoms with van der Waals surface area (Å²) in [7, 11) is -4.26. The standard InChI is InChI=1S/C14H11IN2O4S/c15-13-5-4-10(8-16)6-14(13)17-9-21-11-2-1-3-12(7-11)22(18,19)20/h1-7,17H,9H2,(H,18,19,20). The minimum Gasteiger partial charge on any atom is -0.473 e. The van der Waals surface area contributed by atoms with Gasteiger partial charge in [0.15, 0.2) is 6.73 Å². The number of hydrogen-bond donors (Lipinski definition) is 2. The van der Waals surface area contributed by atoms with Crippen molar-refractivity contribution >= 4 is 38.4 Å². The summed E-state index contributed by atoms with van der Waals surface area (Å²) in [5, 5.41) is 11.9. The molecule has 0 saturated heterocycles. The molecule has 0 aromatic heterocycles. The Labute approximate surface area is 141 Å². The SMILES string of the molecule is N#Cc1ccc(I)c(NCOc2cccc(S(=O)(=O)O)c2)c1. The summed E-state index contributed by atoms with van der Waals surface area (Å²) in [5.74, 6) is 0.300. The molecule has 0 radical (unpaired) electrons. The summed E-state index contributed by atoms with van der Waals surface area (Å²) in [5.41, 5.74) is 1.27. The lowest BCUT2D eigenvalue weighted by atomic mass is 10.2. The lowest BCUT2D eigenvalue weighted by molar-refractivity contribution is 0.345. The van der Waals surface area contributed by atoms with E-state index < -0.39 is 10.1 Å². The maximum Gasteiger partial charge on any atom is 0.294 e. The Morgan fingerprint density at radius 1 is 1.27 bits per heavy atom. The third kappa shape index (κ3) is 4.33. The van der Waals surface area contributed by atoms with Gasteiger partial charge in [0.2, 0.25) is 0 Å². The molecule has 0 amide bonds. The molecule has 0 heterocycles. The predicted molar refractivity (Wildman–Crippen MR) is 89.2 cm³/mol. The number of anilines is 1. The highest BCUT2D eigenvalue weighted by molar-refractivity contribution is 14.1. The molecule has 2 rings (SSSR count). The summed E-state index contributed by atoms with van der Waals surface area (Å²) in [6.45, 7) is 0.0831. The van der Waals surface area contributed by atoms with Gasteiger partial charge in [-0.3, -0.25) is 4.55 Å². The van der Waals surface area contributed by atoms with Crippen molar-refractivity contribution < 1.29 is 17.7 Å². The molecule has 0 spiro atoms. The van der Waals surface area contributed by atoms with Gasteiger partial charge >= 0.3 is 0 Å². The van der Waals surface area contributed by atoms with E-state index >= 15 is 0 Å². The fourth-order valence-electron chi connectivity index (χ4n) is 1.65. The fraction of sp³-hybridized carbons (Fsp3) is 0.0714. The minimum atomic E-state index is -4.26. The molecule has 0 fully saturated rings. The highest BCUT2D eigenvalue weighted by atomic mass is 127.